The Morgan fingerprint density at radius 2 is 1.85 bits per heavy atom. The molecule has 0 unspecified atom stereocenters. The van der Waals surface area contributed by atoms with Crippen LogP contribution in [0.2, 0.25) is 5.02 Å². The Balaban J connectivity index is 1.55. The van der Waals surface area contributed by atoms with Gasteiger partial charge in [-0.15, -0.1) is 10.2 Å². The fraction of sp³-hybridized carbons (Fsp3) is 0.150. The summed E-state index contributed by atoms with van der Waals surface area (Å²) < 4.78 is 0. The van der Waals surface area contributed by atoms with Gasteiger partial charge in [0.1, 0.15) is 5.82 Å². The third kappa shape index (κ3) is 4.80. The summed E-state index contributed by atoms with van der Waals surface area (Å²) in [4.78, 5) is 12.2. The number of benzene rings is 2. The van der Waals surface area contributed by atoms with E-state index in [0.29, 0.717) is 23.9 Å². The maximum atomic E-state index is 12.2. The molecular weight excluding hydrogens is 348 g/mol. The van der Waals surface area contributed by atoms with Crippen LogP contribution in [0.5, 0.6) is 0 Å². The first-order valence-corrected chi connectivity index (χ1v) is 8.64. The molecular formula is C20H19ClN4O. The van der Waals surface area contributed by atoms with Crippen molar-refractivity contribution < 1.29 is 4.79 Å². The number of amides is 1. The lowest BCUT2D eigenvalue weighted by atomic mass is 10.1. The van der Waals surface area contributed by atoms with Gasteiger partial charge in [0.05, 0.1) is 0 Å². The highest BCUT2D eigenvalue weighted by atomic mass is 35.5. The van der Waals surface area contributed by atoms with Crippen molar-refractivity contribution in [3.8, 4) is 0 Å². The van der Waals surface area contributed by atoms with E-state index in [1.165, 1.54) is 0 Å². The average molecular weight is 367 g/mol. The van der Waals surface area contributed by atoms with Crippen LogP contribution in [0.1, 0.15) is 27.2 Å². The minimum atomic E-state index is -0.253. The molecule has 0 aliphatic rings. The number of nitrogens with zero attached hydrogens (tertiary/aromatic N) is 2. The summed E-state index contributed by atoms with van der Waals surface area (Å²) in [5.41, 5.74) is 3.45. The van der Waals surface area contributed by atoms with Gasteiger partial charge < -0.3 is 10.6 Å². The SMILES string of the molecule is Cc1cccc(CNC(=O)c2ccc(NCc3ccccc3Cl)nn2)c1. The van der Waals surface area contributed by atoms with Crippen LogP contribution in [0.4, 0.5) is 5.82 Å². The molecule has 0 spiro atoms. The zero-order chi connectivity index (χ0) is 18.4. The Labute approximate surface area is 157 Å². The van der Waals surface area contributed by atoms with E-state index in [0.717, 1.165) is 16.7 Å². The second-order valence-electron chi connectivity index (χ2n) is 5.92. The molecule has 26 heavy (non-hydrogen) atoms. The summed E-state index contributed by atoms with van der Waals surface area (Å²) in [5.74, 6) is 0.330. The maximum Gasteiger partial charge on any atom is 0.272 e. The monoisotopic (exact) mass is 366 g/mol. The smallest absolute Gasteiger partial charge is 0.272 e. The first-order valence-electron chi connectivity index (χ1n) is 8.26. The average Bonchev–Trinajstić information content (AvgIpc) is 2.66. The van der Waals surface area contributed by atoms with Crippen molar-refractivity contribution in [2.24, 2.45) is 0 Å². The predicted octanol–water partition coefficient (Wildman–Crippen LogP) is 3.98. The molecule has 0 aliphatic carbocycles. The van der Waals surface area contributed by atoms with E-state index in [2.05, 4.69) is 20.8 Å². The number of nitrogens with one attached hydrogen (secondary N) is 2. The highest BCUT2D eigenvalue weighted by Gasteiger charge is 2.08. The number of anilines is 1. The lowest BCUT2D eigenvalue weighted by molar-refractivity contribution is 0.0945. The third-order valence-electron chi connectivity index (χ3n) is 3.85. The first-order chi connectivity index (χ1) is 12.6. The van der Waals surface area contributed by atoms with Gasteiger partial charge in [-0.05, 0) is 36.2 Å². The highest BCUT2D eigenvalue weighted by Crippen LogP contribution is 2.16. The molecule has 0 saturated heterocycles. The fourth-order valence-corrected chi connectivity index (χ4v) is 2.67. The Bertz CT molecular complexity index is 896. The molecule has 0 aliphatic heterocycles. The summed E-state index contributed by atoms with van der Waals surface area (Å²) in [6, 6.07) is 19.0. The van der Waals surface area contributed by atoms with E-state index in [1.807, 2.05) is 55.5 Å². The van der Waals surface area contributed by atoms with E-state index >= 15 is 0 Å². The van der Waals surface area contributed by atoms with Crippen LogP contribution in [0, 0.1) is 6.92 Å². The van der Waals surface area contributed by atoms with Gasteiger partial charge in [0, 0.05) is 18.1 Å². The second kappa shape index (κ2) is 8.45. The summed E-state index contributed by atoms with van der Waals surface area (Å²) in [5, 5.41) is 14.7. The van der Waals surface area contributed by atoms with Crippen molar-refractivity contribution in [1.29, 1.82) is 0 Å². The van der Waals surface area contributed by atoms with E-state index in [9.17, 15) is 4.79 Å². The molecule has 0 atom stereocenters. The largest absolute Gasteiger partial charge is 0.364 e. The van der Waals surface area contributed by atoms with Crippen molar-refractivity contribution in [3.63, 3.8) is 0 Å². The van der Waals surface area contributed by atoms with Crippen LogP contribution >= 0.6 is 11.6 Å². The summed E-state index contributed by atoms with van der Waals surface area (Å²) in [7, 11) is 0. The Kier molecular flexibility index (Phi) is 5.81. The molecule has 0 radical (unpaired) electrons. The van der Waals surface area contributed by atoms with Crippen molar-refractivity contribution in [1.82, 2.24) is 15.5 Å². The van der Waals surface area contributed by atoms with Gasteiger partial charge in [-0.2, -0.15) is 0 Å². The maximum absolute atomic E-state index is 12.2. The minimum Gasteiger partial charge on any atom is -0.364 e. The number of aryl methyl sites for hydroxylation is 1. The van der Waals surface area contributed by atoms with Gasteiger partial charge in [-0.1, -0.05) is 59.6 Å². The molecule has 5 nitrogen and oxygen atoms in total. The highest BCUT2D eigenvalue weighted by molar-refractivity contribution is 6.31. The van der Waals surface area contributed by atoms with Crippen molar-refractivity contribution >= 4 is 23.3 Å². The van der Waals surface area contributed by atoms with Crippen molar-refractivity contribution in [2.45, 2.75) is 20.0 Å². The van der Waals surface area contributed by atoms with Gasteiger partial charge in [-0.25, -0.2) is 0 Å². The van der Waals surface area contributed by atoms with Gasteiger partial charge in [-0.3, -0.25) is 4.79 Å². The van der Waals surface area contributed by atoms with Crippen molar-refractivity contribution in [3.05, 3.63) is 88.1 Å². The summed E-state index contributed by atoms with van der Waals surface area (Å²) in [6.07, 6.45) is 0. The molecule has 0 bridgehead atoms. The molecule has 1 amide bonds. The first kappa shape index (κ1) is 17.9. The topological polar surface area (TPSA) is 66.9 Å². The molecule has 6 heteroatoms. The van der Waals surface area contributed by atoms with E-state index in [-0.39, 0.29) is 11.6 Å². The molecule has 3 aromatic rings. The van der Waals surface area contributed by atoms with Crippen molar-refractivity contribution in [2.75, 3.05) is 5.32 Å². The molecule has 1 aromatic heterocycles. The zero-order valence-corrected chi connectivity index (χ0v) is 15.1. The van der Waals surface area contributed by atoms with Crippen LogP contribution in [0.25, 0.3) is 0 Å². The number of hydrogen-bond donors (Lipinski definition) is 2. The van der Waals surface area contributed by atoms with Gasteiger partial charge in [0.25, 0.3) is 5.91 Å². The third-order valence-corrected chi connectivity index (χ3v) is 4.22. The van der Waals surface area contributed by atoms with Crippen LogP contribution in [0.3, 0.4) is 0 Å². The normalized spacial score (nSPS) is 10.4. The van der Waals surface area contributed by atoms with Crippen LogP contribution in [0.15, 0.2) is 60.7 Å². The Morgan fingerprint density at radius 1 is 1.00 bits per heavy atom. The Hall–Kier alpha value is -2.92. The van der Waals surface area contributed by atoms with Gasteiger partial charge in [0.2, 0.25) is 0 Å². The quantitative estimate of drug-likeness (QED) is 0.692. The Morgan fingerprint density at radius 3 is 2.58 bits per heavy atom. The lowest BCUT2D eigenvalue weighted by Crippen LogP contribution is -2.24. The fourth-order valence-electron chi connectivity index (χ4n) is 2.47. The number of aromatic nitrogens is 2. The second-order valence-corrected chi connectivity index (χ2v) is 6.33. The zero-order valence-electron chi connectivity index (χ0n) is 14.4. The van der Waals surface area contributed by atoms with Gasteiger partial charge >= 0.3 is 0 Å². The minimum absolute atomic E-state index is 0.253. The molecule has 2 aromatic carbocycles. The van der Waals surface area contributed by atoms with E-state index in [4.69, 9.17) is 11.6 Å². The number of halogens is 1. The standard InChI is InChI=1S/C20H19ClN4O/c1-14-5-4-6-15(11-14)12-23-20(26)18-9-10-19(25-24-18)22-13-16-7-2-3-8-17(16)21/h2-11H,12-13H2,1H3,(H,22,25)(H,23,26). The predicted molar refractivity (Wildman–Crippen MR) is 103 cm³/mol. The number of hydrogen-bond acceptors (Lipinski definition) is 4. The molecule has 0 saturated carbocycles. The molecule has 132 valence electrons. The van der Waals surface area contributed by atoms with E-state index < -0.39 is 0 Å². The lowest BCUT2D eigenvalue weighted by Gasteiger charge is -2.08. The summed E-state index contributed by atoms with van der Waals surface area (Å²) >= 11 is 6.12. The van der Waals surface area contributed by atoms with Crippen LogP contribution in [-0.4, -0.2) is 16.1 Å². The molecule has 1 heterocycles. The molecule has 0 fully saturated rings. The van der Waals surface area contributed by atoms with Crippen LogP contribution < -0.4 is 10.6 Å². The number of carbonyl (C=O) groups excluding carboxylic acids is 1. The van der Waals surface area contributed by atoms with E-state index in [1.54, 1.807) is 12.1 Å². The number of rotatable bonds is 6. The number of carbonyl (C=O) groups is 1. The molecule has 2 N–H and O–H groups in total. The molecule has 3 rings (SSSR count). The van der Waals surface area contributed by atoms with Crippen LogP contribution in [-0.2, 0) is 13.1 Å². The summed E-state index contributed by atoms with van der Waals surface area (Å²) in [6.45, 7) is 3.01. The van der Waals surface area contributed by atoms with Gasteiger partial charge in [0.15, 0.2) is 5.69 Å².